The summed E-state index contributed by atoms with van der Waals surface area (Å²) < 4.78 is 5.26. The SMILES string of the molecule is CSCC[C@H]1C(=O)N(C)N1C(=O)OC(C)(C)C. The zero-order valence-corrected chi connectivity index (χ0v) is 11.8. The Hall–Kier alpha value is -0.910. The molecule has 17 heavy (non-hydrogen) atoms. The Morgan fingerprint density at radius 3 is 2.53 bits per heavy atom. The molecule has 1 atom stereocenters. The van der Waals surface area contributed by atoms with E-state index >= 15 is 0 Å². The van der Waals surface area contributed by atoms with Gasteiger partial charge in [0.05, 0.1) is 0 Å². The number of carbonyl (C=O) groups excluding carboxylic acids is 2. The highest BCUT2D eigenvalue weighted by atomic mass is 32.2. The predicted molar refractivity (Wildman–Crippen MR) is 67.6 cm³/mol. The van der Waals surface area contributed by atoms with Crippen LogP contribution in [0.3, 0.4) is 0 Å². The van der Waals surface area contributed by atoms with Gasteiger partial charge in [-0.25, -0.2) is 14.8 Å². The summed E-state index contributed by atoms with van der Waals surface area (Å²) in [6.07, 6.45) is 2.19. The van der Waals surface area contributed by atoms with E-state index in [1.165, 1.54) is 10.0 Å². The molecule has 0 aromatic heterocycles. The smallest absolute Gasteiger partial charge is 0.430 e. The molecule has 0 spiro atoms. The van der Waals surface area contributed by atoms with E-state index in [9.17, 15) is 9.59 Å². The molecule has 98 valence electrons. The second-order valence-electron chi connectivity index (χ2n) is 4.98. The Morgan fingerprint density at radius 2 is 2.06 bits per heavy atom. The van der Waals surface area contributed by atoms with Crippen molar-refractivity contribution in [3.8, 4) is 0 Å². The Labute approximate surface area is 106 Å². The van der Waals surface area contributed by atoms with Crippen molar-refractivity contribution in [2.75, 3.05) is 19.1 Å². The zero-order chi connectivity index (χ0) is 13.2. The number of likely N-dealkylation sites (N-methyl/N-ethyl adjacent to an activating group) is 1. The summed E-state index contributed by atoms with van der Waals surface area (Å²) in [6, 6.07) is -0.359. The summed E-state index contributed by atoms with van der Waals surface area (Å²) in [6.45, 7) is 5.43. The standard InChI is InChI=1S/C11H20N2O3S/c1-11(2,3)16-10(15)13-8(6-7-17-5)9(14)12(13)4/h8H,6-7H2,1-5H3/t8-/m0/s1. The normalized spacial score (nSPS) is 20.3. The maximum atomic E-state index is 11.9. The molecule has 1 fully saturated rings. The molecule has 5 nitrogen and oxygen atoms in total. The van der Waals surface area contributed by atoms with Crippen molar-refractivity contribution in [2.45, 2.75) is 38.8 Å². The number of hydrogen-bond acceptors (Lipinski definition) is 4. The summed E-state index contributed by atoms with van der Waals surface area (Å²) in [5, 5.41) is 2.71. The maximum Gasteiger partial charge on any atom is 0.430 e. The van der Waals surface area contributed by atoms with Crippen molar-refractivity contribution >= 4 is 23.8 Å². The molecular formula is C11H20N2O3S. The van der Waals surface area contributed by atoms with Crippen LogP contribution in [0.2, 0.25) is 0 Å². The fourth-order valence-electron chi connectivity index (χ4n) is 1.61. The first-order valence-corrected chi connectivity index (χ1v) is 6.96. The van der Waals surface area contributed by atoms with E-state index in [2.05, 4.69) is 0 Å². The van der Waals surface area contributed by atoms with Crippen LogP contribution in [0.15, 0.2) is 0 Å². The molecule has 6 heteroatoms. The van der Waals surface area contributed by atoms with Gasteiger partial charge in [0.2, 0.25) is 0 Å². The van der Waals surface area contributed by atoms with Gasteiger partial charge in [-0.3, -0.25) is 4.79 Å². The molecule has 1 aliphatic heterocycles. The minimum absolute atomic E-state index is 0.0232. The van der Waals surface area contributed by atoms with Gasteiger partial charge in [0, 0.05) is 7.05 Å². The second-order valence-corrected chi connectivity index (χ2v) is 5.97. The van der Waals surface area contributed by atoms with E-state index in [-0.39, 0.29) is 11.9 Å². The Bertz CT molecular complexity index is 314. The zero-order valence-electron chi connectivity index (χ0n) is 11.0. The van der Waals surface area contributed by atoms with Crippen LogP contribution in [0, 0.1) is 0 Å². The maximum absolute atomic E-state index is 11.9. The number of amides is 2. The Kier molecular flexibility index (Phi) is 4.30. The molecule has 1 heterocycles. The topological polar surface area (TPSA) is 49.9 Å². The van der Waals surface area contributed by atoms with Gasteiger partial charge in [0.1, 0.15) is 11.6 Å². The first kappa shape index (κ1) is 14.2. The van der Waals surface area contributed by atoms with Crippen molar-refractivity contribution in [3.63, 3.8) is 0 Å². The van der Waals surface area contributed by atoms with Gasteiger partial charge >= 0.3 is 6.09 Å². The van der Waals surface area contributed by atoms with E-state index in [0.29, 0.717) is 6.42 Å². The molecule has 1 aliphatic rings. The summed E-state index contributed by atoms with van der Waals surface area (Å²) >= 11 is 1.66. The van der Waals surface area contributed by atoms with Crippen LogP contribution in [0.1, 0.15) is 27.2 Å². The summed E-state index contributed by atoms with van der Waals surface area (Å²) in [7, 11) is 1.59. The fraction of sp³-hybridized carbons (Fsp3) is 0.818. The molecule has 0 saturated carbocycles. The second kappa shape index (κ2) is 5.16. The van der Waals surface area contributed by atoms with E-state index in [1.807, 2.05) is 27.0 Å². The average molecular weight is 260 g/mol. The van der Waals surface area contributed by atoms with Gasteiger partial charge in [-0.1, -0.05) is 0 Å². The predicted octanol–water partition coefficient (Wildman–Crippen LogP) is 1.73. The summed E-state index contributed by atoms with van der Waals surface area (Å²) in [4.78, 5) is 23.5. The third-order valence-electron chi connectivity index (χ3n) is 2.40. The molecule has 2 amide bonds. The molecule has 0 aromatic carbocycles. The van der Waals surface area contributed by atoms with Crippen LogP contribution in [0.25, 0.3) is 0 Å². The third-order valence-corrected chi connectivity index (χ3v) is 3.04. The largest absolute Gasteiger partial charge is 0.442 e. The van der Waals surface area contributed by atoms with Crippen molar-refractivity contribution in [1.82, 2.24) is 10.0 Å². The molecule has 0 radical (unpaired) electrons. The Balaban J connectivity index is 2.61. The molecule has 0 unspecified atom stereocenters. The van der Waals surface area contributed by atoms with Crippen LogP contribution in [0.5, 0.6) is 0 Å². The van der Waals surface area contributed by atoms with Crippen molar-refractivity contribution in [1.29, 1.82) is 0 Å². The number of carbonyl (C=O) groups is 2. The number of hydrogen-bond donors (Lipinski definition) is 0. The van der Waals surface area contributed by atoms with Crippen LogP contribution in [-0.2, 0) is 9.53 Å². The number of rotatable bonds is 3. The first-order valence-electron chi connectivity index (χ1n) is 5.56. The van der Waals surface area contributed by atoms with Gasteiger partial charge in [-0.15, -0.1) is 0 Å². The van der Waals surface area contributed by atoms with Crippen molar-refractivity contribution in [3.05, 3.63) is 0 Å². The van der Waals surface area contributed by atoms with Gasteiger partial charge in [-0.2, -0.15) is 11.8 Å². The van der Waals surface area contributed by atoms with Crippen LogP contribution < -0.4 is 0 Å². The lowest BCUT2D eigenvalue weighted by Crippen LogP contribution is -2.69. The lowest BCUT2D eigenvalue weighted by Gasteiger charge is -2.47. The van der Waals surface area contributed by atoms with Crippen LogP contribution in [-0.4, -0.2) is 52.7 Å². The minimum atomic E-state index is -0.541. The molecule has 1 saturated heterocycles. The lowest BCUT2D eigenvalue weighted by atomic mass is 10.1. The van der Waals surface area contributed by atoms with Gasteiger partial charge in [0.15, 0.2) is 0 Å². The number of hydrazine groups is 1. The van der Waals surface area contributed by atoms with Gasteiger partial charge in [-0.05, 0) is 39.2 Å². The van der Waals surface area contributed by atoms with Crippen LogP contribution in [0.4, 0.5) is 4.79 Å². The average Bonchev–Trinajstić information content (AvgIpc) is 2.19. The van der Waals surface area contributed by atoms with E-state index in [4.69, 9.17) is 4.74 Å². The quantitative estimate of drug-likeness (QED) is 0.775. The van der Waals surface area contributed by atoms with E-state index in [0.717, 1.165) is 5.75 Å². The van der Waals surface area contributed by atoms with Crippen LogP contribution >= 0.6 is 11.8 Å². The van der Waals surface area contributed by atoms with E-state index in [1.54, 1.807) is 18.8 Å². The minimum Gasteiger partial charge on any atom is -0.442 e. The number of nitrogens with zero attached hydrogens (tertiary/aromatic N) is 2. The molecule has 0 N–H and O–H groups in total. The highest BCUT2D eigenvalue weighted by Crippen LogP contribution is 2.25. The van der Waals surface area contributed by atoms with Gasteiger partial charge < -0.3 is 4.74 Å². The van der Waals surface area contributed by atoms with Crippen molar-refractivity contribution < 1.29 is 14.3 Å². The number of ether oxygens (including phenoxy) is 1. The third kappa shape index (κ3) is 3.28. The van der Waals surface area contributed by atoms with Gasteiger partial charge in [0.25, 0.3) is 5.91 Å². The van der Waals surface area contributed by atoms with Crippen molar-refractivity contribution in [2.24, 2.45) is 0 Å². The van der Waals surface area contributed by atoms with E-state index < -0.39 is 11.7 Å². The molecule has 0 aliphatic carbocycles. The Morgan fingerprint density at radius 1 is 1.47 bits per heavy atom. The highest BCUT2D eigenvalue weighted by Gasteiger charge is 2.47. The summed E-state index contributed by atoms with van der Waals surface area (Å²) in [5.41, 5.74) is -0.541. The monoisotopic (exact) mass is 260 g/mol. The fourth-order valence-corrected chi connectivity index (χ4v) is 2.07. The molecule has 0 aromatic rings. The molecule has 1 rings (SSSR count). The lowest BCUT2D eigenvalue weighted by molar-refractivity contribution is -0.183. The highest BCUT2D eigenvalue weighted by molar-refractivity contribution is 7.98. The molecule has 0 bridgehead atoms. The molecular weight excluding hydrogens is 240 g/mol. The number of thioether (sulfide) groups is 1. The summed E-state index contributed by atoms with van der Waals surface area (Å²) in [5.74, 6) is 0.828. The first-order chi connectivity index (χ1) is 7.78.